The lowest BCUT2D eigenvalue weighted by molar-refractivity contribution is 0.105. The molecule has 0 spiro atoms. The lowest BCUT2D eigenvalue weighted by atomic mass is 10.00. The highest BCUT2D eigenvalue weighted by Crippen LogP contribution is 2.38. The molecule has 1 N–H and O–H groups in total. The third kappa shape index (κ3) is 3.04. The first-order valence-electron chi connectivity index (χ1n) is 9.15. The van der Waals surface area contributed by atoms with Crippen molar-refractivity contribution in [2.45, 2.75) is 31.6 Å². The number of pyridine rings is 1. The van der Waals surface area contributed by atoms with Gasteiger partial charge in [0.1, 0.15) is 5.76 Å². The molecule has 3 nitrogen and oxygen atoms in total. The first-order chi connectivity index (χ1) is 13.0. The van der Waals surface area contributed by atoms with Crippen LogP contribution in [0.5, 0.6) is 0 Å². The minimum Gasteiger partial charge on any atom is -0.506 e. The maximum absolute atomic E-state index is 12.9. The summed E-state index contributed by atoms with van der Waals surface area (Å²) < 4.78 is 0. The van der Waals surface area contributed by atoms with Gasteiger partial charge < -0.3 is 5.11 Å². The fraction of sp³-hybridized carbons (Fsp3) is 0.217. The van der Waals surface area contributed by atoms with Crippen LogP contribution in [0.2, 0.25) is 0 Å². The number of fused-ring (bicyclic) bond motifs is 2. The van der Waals surface area contributed by atoms with E-state index in [1.807, 2.05) is 30.3 Å². The van der Waals surface area contributed by atoms with Gasteiger partial charge >= 0.3 is 0 Å². The van der Waals surface area contributed by atoms with Crippen molar-refractivity contribution in [1.82, 2.24) is 4.98 Å². The Balaban J connectivity index is 1.80. The smallest absolute Gasteiger partial charge is 0.199 e. The van der Waals surface area contributed by atoms with E-state index in [9.17, 15) is 9.90 Å². The van der Waals surface area contributed by atoms with Crippen LogP contribution < -0.4 is 0 Å². The first-order valence-corrected chi connectivity index (χ1v) is 10.1. The van der Waals surface area contributed by atoms with Crippen LogP contribution in [0, 0.1) is 0 Å². The van der Waals surface area contributed by atoms with Crippen LogP contribution in [0.25, 0.3) is 22.2 Å². The van der Waals surface area contributed by atoms with Crippen LogP contribution in [-0.4, -0.2) is 21.6 Å². The Morgan fingerprint density at radius 3 is 2.59 bits per heavy atom. The average molecular weight is 375 g/mol. The van der Waals surface area contributed by atoms with E-state index in [1.54, 1.807) is 17.8 Å². The highest BCUT2D eigenvalue weighted by atomic mass is 32.2. The van der Waals surface area contributed by atoms with E-state index in [1.165, 1.54) is 5.56 Å². The van der Waals surface area contributed by atoms with Gasteiger partial charge in [0.05, 0.1) is 16.8 Å². The maximum atomic E-state index is 12.9. The van der Waals surface area contributed by atoms with E-state index in [-0.39, 0.29) is 11.5 Å². The summed E-state index contributed by atoms with van der Waals surface area (Å²) in [5.41, 5.74) is 4.03. The monoisotopic (exact) mass is 375 g/mol. The third-order valence-corrected chi connectivity index (χ3v) is 5.78. The predicted octanol–water partition coefficient (Wildman–Crippen LogP) is 6.09. The quantitative estimate of drug-likeness (QED) is 0.560. The van der Waals surface area contributed by atoms with Crippen molar-refractivity contribution in [2.75, 3.05) is 5.75 Å². The largest absolute Gasteiger partial charge is 0.506 e. The molecule has 3 aromatic rings. The zero-order valence-electron chi connectivity index (χ0n) is 15.6. The van der Waals surface area contributed by atoms with Crippen molar-refractivity contribution in [3.05, 3.63) is 70.9 Å². The topological polar surface area (TPSA) is 50.2 Å². The zero-order chi connectivity index (χ0) is 19.1. The molecule has 4 rings (SSSR count). The lowest BCUT2D eigenvalue weighted by Gasteiger charge is -2.08. The number of rotatable bonds is 4. The van der Waals surface area contributed by atoms with Crippen molar-refractivity contribution < 1.29 is 9.90 Å². The molecule has 2 aromatic carbocycles. The number of carbonyl (C=O) groups is 1. The van der Waals surface area contributed by atoms with Gasteiger partial charge in [0.25, 0.3) is 0 Å². The summed E-state index contributed by atoms with van der Waals surface area (Å²) in [6.07, 6.45) is 0. The van der Waals surface area contributed by atoms with Gasteiger partial charge in [0, 0.05) is 21.4 Å². The number of ketones is 1. The Hall–Kier alpha value is -2.59. The standard InChI is InChI=1S/C23H21NO2S/c1-4-27-16-7-8-17-18(12-16)23(26)21(22(17)25)20-10-6-15-11-14(13(2)3)5-9-19(15)24-20/h5-13,26H,4H2,1-3H3. The molecule has 0 atom stereocenters. The predicted molar refractivity (Wildman–Crippen MR) is 112 cm³/mol. The van der Waals surface area contributed by atoms with E-state index in [4.69, 9.17) is 0 Å². The number of hydrogen-bond donors (Lipinski definition) is 1. The molecule has 1 aliphatic rings. The summed E-state index contributed by atoms with van der Waals surface area (Å²) in [6.45, 7) is 6.39. The van der Waals surface area contributed by atoms with Crippen molar-refractivity contribution >= 4 is 39.8 Å². The normalized spacial score (nSPS) is 13.7. The van der Waals surface area contributed by atoms with Gasteiger partial charge in [0.15, 0.2) is 5.78 Å². The molecule has 0 radical (unpaired) electrons. The van der Waals surface area contributed by atoms with Crippen LogP contribution in [0.4, 0.5) is 0 Å². The van der Waals surface area contributed by atoms with Gasteiger partial charge in [-0.1, -0.05) is 32.9 Å². The minimum atomic E-state index is -0.166. The number of carbonyl (C=O) groups excluding carboxylic acids is 1. The summed E-state index contributed by atoms with van der Waals surface area (Å²) in [6, 6.07) is 15.6. The Morgan fingerprint density at radius 1 is 1.04 bits per heavy atom. The number of benzene rings is 2. The molecule has 4 heteroatoms. The average Bonchev–Trinajstić information content (AvgIpc) is 2.91. The number of nitrogens with zero attached hydrogens (tertiary/aromatic N) is 1. The molecule has 0 aliphatic heterocycles. The molecule has 0 bridgehead atoms. The van der Waals surface area contributed by atoms with Crippen LogP contribution in [-0.2, 0) is 0 Å². The second-order valence-electron chi connectivity index (χ2n) is 7.00. The van der Waals surface area contributed by atoms with Crippen LogP contribution in [0.3, 0.4) is 0 Å². The minimum absolute atomic E-state index is 0.0270. The first kappa shape index (κ1) is 17.8. The molecule has 0 saturated carbocycles. The number of thioether (sulfide) groups is 1. The Morgan fingerprint density at radius 2 is 1.85 bits per heavy atom. The van der Waals surface area contributed by atoms with E-state index in [0.717, 1.165) is 21.6 Å². The Bertz CT molecular complexity index is 1100. The second kappa shape index (κ2) is 6.86. The van der Waals surface area contributed by atoms with Crippen molar-refractivity contribution in [2.24, 2.45) is 0 Å². The van der Waals surface area contributed by atoms with E-state index in [2.05, 4.69) is 37.9 Å². The molecule has 1 aliphatic carbocycles. The van der Waals surface area contributed by atoms with Crippen LogP contribution >= 0.6 is 11.8 Å². The second-order valence-corrected chi connectivity index (χ2v) is 8.33. The van der Waals surface area contributed by atoms with Crippen molar-refractivity contribution in [3.8, 4) is 0 Å². The van der Waals surface area contributed by atoms with E-state index in [0.29, 0.717) is 28.3 Å². The summed E-state index contributed by atoms with van der Waals surface area (Å²) in [5, 5.41) is 11.8. The fourth-order valence-corrected chi connectivity index (χ4v) is 4.13. The summed E-state index contributed by atoms with van der Waals surface area (Å²) in [4.78, 5) is 18.6. The molecule has 0 amide bonds. The molecular formula is C23H21NO2S. The van der Waals surface area contributed by atoms with Crippen LogP contribution in [0.15, 0.2) is 53.4 Å². The van der Waals surface area contributed by atoms with Gasteiger partial charge in [-0.2, -0.15) is 0 Å². The summed E-state index contributed by atoms with van der Waals surface area (Å²) >= 11 is 1.69. The fourth-order valence-electron chi connectivity index (χ4n) is 3.43. The number of Topliss-reactive ketones (excluding diaryl/α,β-unsaturated/α-hetero) is 1. The Labute approximate surface area is 163 Å². The van der Waals surface area contributed by atoms with E-state index < -0.39 is 0 Å². The van der Waals surface area contributed by atoms with Gasteiger partial charge in [-0.3, -0.25) is 4.79 Å². The van der Waals surface area contributed by atoms with Gasteiger partial charge in [-0.05, 0) is 53.6 Å². The Kier molecular flexibility index (Phi) is 4.52. The van der Waals surface area contributed by atoms with Crippen molar-refractivity contribution in [3.63, 3.8) is 0 Å². The maximum Gasteiger partial charge on any atom is 0.199 e. The number of aliphatic hydroxyl groups excluding tert-OH is 1. The molecule has 1 aromatic heterocycles. The molecule has 0 saturated heterocycles. The highest BCUT2D eigenvalue weighted by molar-refractivity contribution is 7.99. The molecule has 136 valence electrons. The lowest BCUT2D eigenvalue weighted by Crippen LogP contribution is -2.01. The molecule has 1 heterocycles. The molecular weight excluding hydrogens is 354 g/mol. The van der Waals surface area contributed by atoms with Gasteiger partial charge in [-0.25, -0.2) is 4.98 Å². The summed E-state index contributed by atoms with van der Waals surface area (Å²) in [7, 11) is 0. The third-order valence-electron chi connectivity index (χ3n) is 4.90. The SMILES string of the molecule is CCSc1ccc2c(c1)C(O)=C(c1ccc3cc(C(C)C)ccc3n1)C2=O. The molecule has 0 unspecified atom stereocenters. The van der Waals surface area contributed by atoms with Gasteiger partial charge in [-0.15, -0.1) is 11.8 Å². The summed E-state index contributed by atoms with van der Waals surface area (Å²) in [5.74, 6) is 1.25. The number of aliphatic hydroxyl groups is 1. The zero-order valence-corrected chi connectivity index (χ0v) is 16.4. The van der Waals surface area contributed by atoms with Crippen LogP contribution in [0.1, 0.15) is 53.9 Å². The number of hydrogen-bond acceptors (Lipinski definition) is 4. The highest BCUT2D eigenvalue weighted by Gasteiger charge is 2.31. The molecule has 27 heavy (non-hydrogen) atoms. The number of aromatic nitrogens is 1. The van der Waals surface area contributed by atoms with Crippen molar-refractivity contribution in [1.29, 1.82) is 0 Å². The number of allylic oxidation sites excluding steroid dienone is 1. The van der Waals surface area contributed by atoms with Gasteiger partial charge in [0.2, 0.25) is 0 Å². The van der Waals surface area contributed by atoms with E-state index >= 15 is 0 Å². The molecule has 0 fully saturated rings.